The van der Waals surface area contributed by atoms with Crippen molar-refractivity contribution >= 4 is 5.91 Å². The van der Waals surface area contributed by atoms with Gasteiger partial charge in [-0.1, -0.05) is 12.1 Å². The lowest BCUT2D eigenvalue weighted by Gasteiger charge is -2.09. The average Bonchev–Trinajstić information content (AvgIpc) is 2.53. The van der Waals surface area contributed by atoms with Crippen molar-refractivity contribution in [2.24, 2.45) is 0 Å². The van der Waals surface area contributed by atoms with E-state index in [4.69, 9.17) is 10.00 Å². The first-order chi connectivity index (χ1) is 10.6. The number of nitrogens with zero attached hydrogens (tertiary/aromatic N) is 2. The Kier molecular flexibility index (Phi) is 5.10. The first-order valence-electron chi connectivity index (χ1n) is 6.98. The van der Waals surface area contributed by atoms with Crippen LogP contribution in [-0.2, 0) is 6.54 Å². The van der Waals surface area contributed by atoms with Gasteiger partial charge in [-0.3, -0.25) is 4.79 Å². The number of carbonyl (C=O) groups is 1. The Morgan fingerprint density at radius 2 is 2.18 bits per heavy atom. The highest BCUT2D eigenvalue weighted by molar-refractivity contribution is 5.94. The van der Waals surface area contributed by atoms with Crippen molar-refractivity contribution in [1.29, 1.82) is 5.26 Å². The molecular weight excluding hydrogens is 278 g/mol. The molecule has 5 heteroatoms. The van der Waals surface area contributed by atoms with E-state index in [1.165, 1.54) is 0 Å². The molecule has 0 saturated carbocycles. The van der Waals surface area contributed by atoms with Crippen molar-refractivity contribution in [3.63, 3.8) is 0 Å². The third-order valence-corrected chi connectivity index (χ3v) is 2.86. The fourth-order valence-electron chi connectivity index (χ4n) is 1.84. The van der Waals surface area contributed by atoms with Crippen LogP contribution in [0.25, 0.3) is 0 Å². The normalized spacial score (nSPS) is 10.1. The number of benzene rings is 1. The van der Waals surface area contributed by atoms with E-state index in [1.54, 1.807) is 36.5 Å². The fourth-order valence-corrected chi connectivity index (χ4v) is 1.84. The summed E-state index contributed by atoms with van der Waals surface area (Å²) in [4.78, 5) is 16.2. The lowest BCUT2D eigenvalue weighted by atomic mass is 10.1. The van der Waals surface area contributed by atoms with Gasteiger partial charge in [-0.15, -0.1) is 0 Å². The summed E-state index contributed by atoms with van der Waals surface area (Å²) in [7, 11) is 0. The number of hydrogen-bond donors (Lipinski definition) is 1. The van der Waals surface area contributed by atoms with Gasteiger partial charge in [0.25, 0.3) is 5.91 Å². The largest absolute Gasteiger partial charge is 0.475 e. The van der Waals surface area contributed by atoms with Gasteiger partial charge in [-0.25, -0.2) is 4.98 Å². The number of ether oxygens (including phenoxy) is 1. The highest BCUT2D eigenvalue weighted by atomic mass is 16.5. The summed E-state index contributed by atoms with van der Waals surface area (Å²) in [6.45, 7) is 4.24. The van der Waals surface area contributed by atoms with Crippen molar-refractivity contribution in [2.45, 2.75) is 26.5 Å². The second-order valence-electron chi connectivity index (χ2n) is 5.05. The SMILES string of the molecule is CC(C)Oc1ccc(CNC(=O)c2cccc(C#N)c2)cn1. The van der Waals surface area contributed by atoms with E-state index >= 15 is 0 Å². The standard InChI is InChI=1S/C17H17N3O2/c1-12(2)22-16-7-6-14(10-19-16)11-20-17(21)15-5-3-4-13(8-15)9-18/h3-8,10,12H,11H2,1-2H3,(H,20,21). The van der Waals surface area contributed by atoms with Crippen molar-refractivity contribution in [1.82, 2.24) is 10.3 Å². The summed E-state index contributed by atoms with van der Waals surface area (Å²) in [5.41, 5.74) is 1.80. The Hall–Kier alpha value is -2.87. The number of nitrogens with one attached hydrogen (secondary N) is 1. The fraction of sp³-hybridized carbons (Fsp3) is 0.235. The Bertz CT molecular complexity index is 688. The Morgan fingerprint density at radius 1 is 1.36 bits per heavy atom. The van der Waals surface area contributed by atoms with E-state index < -0.39 is 0 Å². The first-order valence-corrected chi connectivity index (χ1v) is 6.98. The topological polar surface area (TPSA) is 75.0 Å². The summed E-state index contributed by atoms with van der Waals surface area (Å²) in [5, 5.41) is 11.6. The molecule has 2 rings (SSSR count). The number of nitriles is 1. The summed E-state index contributed by atoms with van der Waals surface area (Å²) in [6.07, 6.45) is 1.74. The van der Waals surface area contributed by atoms with Crippen LogP contribution >= 0.6 is 0 Å². The number of hydrogen-bond acceptors (Lipinski definition) is 4. The lowest BCUT2D eigenvalue weighted by Crippen LogP contribution is -2.22. The van der Waals surface area contributed by atoms with Crippen molar-refractivity contribution in [3.8, 4) is 11.9 Å². The average molecular weight is 295 g/mol. The quantitative estimate of drug-likeness (QED) is 0.920. The zero-order valence-electron chi connectivity index (χ0n) is 12.5. The van der Waals surface area contributed by atoms with E-state index in [1.807, 2.05) is 26.0 Å². The highest BCUT2D eigenvalue weighted by Gasteiger charge is 2.06. The van der Waals surface area contributed by atoms with E-state index in [9.17, 15) is 4.79 Å². The zero-order chi connectivity index (χ0) is 15.9. The van der Waals surface area contributed by atoms with Gasteiger partial charge in [0.15, 0.2) is 0 Å². The van der Waals surface area contributed by atoms with Crippen LogP contribution in [0, 0.1) is 11.3 Å². The number of rotatable bonds is 5. The molecule has 0 bridgehead atoms. The molecule has 1 aromatic heterocycles. The molecule has 1 heterocycles. The number of carbonyl (C=O) groups excluding carboxylic acids is 1. The molecule has 0 atom stereocenters. The van der Waals surface area contributed by atoms with E-state index in [2.05, 4.69) is 10.3 Å². The van der Waals surface area contributed by atoms with Crippen LogP contribution in [0.15, 0.2) is 42.6 Å². The van der Waals surface area contributed by atoms with Gasteiger partial charge in [0.2, 0.25) is 5.88 Å². The van der Waals surface area contributed by atoms with Gasteiger partial charge in [-0.2, -0.15) is 5.26 Å². The van der Waals surface area contributed by atoms with Gasteiger partial charge in [0, 0.05) is 24.4 Å². The van der Waals surface area contributed by atoms with Gasteiger partial charge in [0.05, 0.1) is 17.7 Å². The second kappa shape index (κ2) is 7.23. The Morgan fingerprint density at radius 3 is 2.82 bits per heavy atom. The van der Waals surface area contributed by atoms with Crippen LogP contribution in [0.1, 0.15) is 35.3 Å². The molecular formula is C17H17N3O2. The van der Waals surface area contributed by atoms with Gasteiger partial charge in [-0.05, 0) is 37.6 Å². The number of pyridine rings is 1. The zero-order valence-corrected chi connectivity index (χ0v) is 12.5. The number of aromatic nitrogens is 1. The minimum atomic E-state index is -0.223. The molecule has 1 N–H and O–H groups in total. The lowest BCUT2D eigenvalue weighted by molar-refractivity contribution is 0.0951. The third kappa shape index (κ3) is 4.32. The Labute approximate surface area is 129 Å². The predicted molar refractivity (Wildman–Crippen MR) is 82.3 cm³/mol. The summed E-state index contributed by atoms with van der Waals surface area (Å²) in [5.74, 6) is 0.339. The molecule has 0 saturated heterocycles. The first kappa shape index (κ1) is 15.5. The molecule has 0 aliphatic heterocycles. The minimum absolute atomic E-state index is 0.0745. The van der Waals surface area contributed by atoms with Crippen LogP contribution in [0.5, 0.6) is 5.88 Å². The molecule has 5 nitrogen and oxygen atoms in total. The second-order valence-corrected chi connectivity index (χ2v) is 5.05. The van der Waals surface area contributed by atoms with Crippen LogP contribution < -0.4 is 10.1 Å². The number of amides is 1. The predicted octanol–water partition coefficient (Wildman–Crippen LogP) is 2.67. The molecule has 112 valence electrons. The van der Waals surface area contributed by atoms with Gasteiger partial charge < -0.3 is 10.1 Å². The van der Waals surface area contributed by atoms with Crippen LogP contribution in [0.4, 0.5) is 0 Å². The molecule has 0 unspecified atom stereocenters. The summed E-state index contributed by atoms with van der Waals surface area (Å²) >= 11 is 0. The summed E-state index contributed by atoms with van der Waals surface area (Å²) in [6, 6.07) is 12.2. The maximum absolute atomic E-state index is 12.0. The molecule has 22 heavy (non-hydrogen) atoms. The van der Waals surface area contributed by atoms with Gasteiger partial charge in [0.1, 0.15) is 0 Å². The van der Waals surface area contributed by atoms with Crippen LogP contribution in [0.3, 0.4) is 0 Å². The Balaban J connectivity index is 1.94. The van der Waals surface area contributed by atoms with Crippen molar-refractivity contribution < 1.29 is 9.53 Å². The summed E-state index contributed by atoms with van der Waals surface area (Å²) < 4.78 is 5.46. The molecule has 0 aliphatic rings. The van der Waals surface area contributed by atoms with Crippen LogP contribution in [0.2, 0.25) is 0 Å². The molecule has 2 aromatic rings. The highest BCUT2D eigenvalue weighted by Crippen LogP contribution is 2.10. The maximum Gasteiger partial charge on any atom is 0.251 e. The molecule has 0 fully saturated rings. The van der Waals surface area contributed by atoms with Gasteiger partial charge >= 0.3 is 0 Å². The maximum atomic E-state index is 12.0. The monoisotopic (exact) mass is 295 g/mol. The van der Waals surface area contributed by atoms with Crippen molar-refractivity contribution in [3.05, 3.63) is 59.3 Å². The molecule has 0 aliphatic carbocycles. The van der Waals surface area contributed by atoms with E-state index in [-0.39, 0.29) is 12.0 Å². The molecule has 0 spiro atoms. The van der Waals surface area contributed by atoms with E-state index in [0.717, 1.165) is 5.56 Å². The smallest absolute Gasteiger partial charge is 0.251 e. The molecule has 1 amide bonds. The minimum Gasteiger partial charge on any atom is -0.475 e. The third-order valence-electron chi connectivity index (χ3n) is 2.86. The molecule has 0 radical (unpaired) electrons. The van der Waals surface area contributed by atoms with E-state index in [0.29, 0.717) is 23.6 Å². The molecule has 1 aromatic carbocycles. The van der Waals surface area contributed by atoms with Crippen LogP contribution in [-0.4, -0.2) is 17.0 Å². The van der Waals surface area contributed by atoms with Crippen molar-refractivity contribution in [2.75, 3.05) is 0 Å².